The molecule has 1 unspecified atom stereocenters. The van der Waals surface area contributed by atoms with Crippen molar-refractivity contribution in [2.24, 2.45) is 11.7 Å². The molecule has 2 aliphatic carbocycles. The molecular formula is C18H21F2N3O3. The van der Waals surface area contributed by atoms with Gasteiger partial charge in [-0.3, -0.25) is 14.6 Å². The lowest BCUT2D eigenvalue weighted by Gasteiger charge is -2.21. The van der Waals surface area contributed by atoms with Crippen molar-refractivity contribution in [2.45, 2.75) is 50.0 Å². The molecule has 0 aromatic carbocycles. The number of aromatic nitrogens is 1. The van der Waals surface area contributed by atoms with Crippen molar-refractivity contribution in [2.75, 3.05) is 13.2 Å². The zero-order valence-corrected chi connectivity index (χ0v) is 14.3. The Morgan fingerprint density at radius 3 is 2.65 bits per heavy atom. The number of ether oxygens (including phenoxy) is 1. The second-order valence-electron chi connectivity index (χ2n) is 7.55. The Morgan fingerprint density at radius 2 is 2.04 bits per heavy atom. The standard InChI is InChI=1S/C18H21F2N3O3/c19-18(20)6-14(16(21)24)23(9-18)17(25)13-5-15(26-8-10-1-2-10)12(7-22-13)11-3-4-11/h5,7,10-11,14H,1-4,6,8-9H2,(H2,21,24). The summed E-state index contributed by atoms with van der Waals surface area (Å²) >= 11 is 0. The van der Waals surface area contributed by atoms with Gasteiger partial charge < -0.3 is 15.4 Å². The number of hydrogen-bond donors (Lipinski definition) is 1. The van der Waals surface area contributed by atoms with Crippen LogP contribution in [0.25, 0.3) is 0 Å². The van der Waals surface area contributed by atoms with Gasteiger partial charge >= 0.3 is 0 Å². The van der Waals surface area contributed by atoms with Crippen LogP contribution in [-0.2, 0) is 4.79 Å². The summed E-state index contributed by atoms with van der Waals surface area (Å²) in [7, 11) is 0. The number of hydrogen-bond acceptors (Lipinski definition) is 4. The maximum atomic E-state index is 13.7. The topological polar surface area (TPSA) is 85.5 Å². The average molecular weight is 365 g/mol. The number of nitrogens with two attached hydrogens (primary N) is 1. The third-order valence-corrected chi connectivity index (χ3v) is 5.16. The van der Waals surface area contributed by atoms with Crippen LogP contribution >= 0.6 is 0 Å². The molecule has 3 aliphatic rings. The molecule has 0 radical (unpaired) electrons. The van der Waals surface area contributed by atoms with E-state index in [1.54, 1.807) is 6.20 Å². The first-order valence-corrected chi connectivity index (χ1v) is 8.95. The molecule has 3 fully saturated rings. The largest absolute Gasteiger partial charge is 0.493 e. The molecule has 26 heavy (non-hydrogen) atoms. The highest BCUT2D eigenvalue weighted by molar-refractivity contribution is 5.96. The van der Waals surface area contributed by atoms with Crippen molar-refractivity contribution >= 4 is 11.8 Å². The summed E-state index contributed by atoms with van der Waals surface area (Å²) in [4.78, 5) is 29.2. The third kappa shape index (κ3) is 3.50. The number of carbonyl (C=O) groups excluding carboxylic acids is 2. The lowest BCUT2D eigenvalue weighted by atomic mass is 10.1. The summed E-state index contributed by atoms with van der Waals surface area (Å²) in [5, 5.41) is 0. The van der Waals surface area contributed by atoms with E-state index >= 15 is 0 Å². The Labute approximate surface area is 149 Å². The number of halogens is 2. The molecule has 140 valence electrons. The van der Waals surface area contributed by atoms with Crippen LogP contribution in [0.3, 0.4) is 0 Å². The van der Waals surface area contributed by atoms with E-state index in [4.69, 9.17) is 10.5 Å². The smallest absolute Gasteiger partial charge is 0.273 e. The van der Waals surface area contributed by atoms with Gasteiger partial charge in [-0.15, -0.1) is 0 Å². The maximum Gasteiger partial charge on any atom is 0.273 e. The van der Waals surface area contributed by atoms with Gasteiger partial charge in [0.05, 0.1) is 13.2 Å². The second-order valence-corrected chi connectivity index (χ2v) is 7.55. The number of amides is 2. The summed E-state index contributed by atoms with van der Waals surface area (Å²) < 4.78 is 33.3. The molecule has 6 nitrogen and oxygen atoms in total. The molecule has 0 spiro atoms. The first-order valence-electron chi connectivity index (χ1n) is 8.95. The summed E-state index contributed by atoms with van der Waals surface area (Å²) in [5.41, 5.74) is 6.17. The van der Waals surface area contributed by atoms with Gasteiger partial charge in [-0.25, -0.2) is 8.78 Å². The molecular weight excluding hydrogens is 344 g/mol. The van der Waals surface area contributed by atoms with Gasteiger partial charge in [0, 0.05) is 24.2 Å². The number of alkyl halides is 2. The van der Waals surface area contributed by atoms with Crippen molar-refractivity contribution in [3.05, 3.63) is 23.5 Å². The number of carbonyl (C=O) groups is 2. The summed E-state index contributed by atoms with van der Waals surface area (Å²) in [5.74, 6) is -3.25. The van der Waals surface area contributed by atoms with Crippen molar-refractivity contribution in [1.82, 2.24) is 9.88 Å². The second kappa shape index (κ2) is 6.17. The molecule has 2 heterocycles. The van der Waals surface area contributed by atoms with Gasteiger partial charge in [-0.1, -0.05) is 0 Å². The quantitative estimate of drug-likeness (QED) is 0.836. The van der Waals surface area contributed by atoms with Gasteiger partial charge in [0.1, 0.15) is 17.5 Å². The minimum atomic E-state index is -3.13. The lowest BCUT2D eigenvalue weighted by Crippen LogP contribution is -2.44. The summed E-state index contributed by atoms with van der Waals surface area (Å²) in [6.45, 7) is -0.243. The summed E-state index contributed by atoms with van der Waals surface area (Å²) in [6.07, 6.45) is 5.23. The monoisotopic (exact) mass is 365 g/mol. The van der Waals surface area contributed by atoms with Gasteiger partial charge in [0.2, 0.25) is 5.91 Å². The number of rotatable bonds is 6. The van der Waals surface area contributed by atoms with E-state index in [1.807, 2.05) is 0 Å². The van der Waals surface area contributed by atoms with Crippen LogP contribution in [0.15, 0.2) is 12.3 Å². The molecule has 1 atom stereocenters. The molecule has 2 amide bonds. The molecule has 2 N–H and O–H groups in total. The van der Waals surface area contributed by atoms with E-state index in [-0.39, 0.29) is 5.69 Å². The normalized spacial score (nSPS) is 24.5. The van der Waals surface area contributed by atoms with Crippen LogP contribution in [0, 0.1) is 5.92 Å². The van der Waals surface area contributed by atoms with Gasteiger partial charge in [0.15, 0.2) is 0 Å². The van der Waals surface area contributed by atoms with E-state index in [9.17, 15) is 18.4 Å². The fourth-order valence-electron chi connectivity index (χ4n) is 3.31. The van der Waals surface area contributed by atoms with E-state index in [2.05, 4.69) is 4.98 Å². The first-order chi connectivity index (χ1) is 12.3. The van der Waals surface area contributed by atoms with E-state index in [0.29, 0.717) is 24.2 Å². The molecule has 0 bridgehead atoms. The Morgan fingerprint density at radius 1 is 1.31 bits per heavy atom. The Balaban J connectivity index is 1.58. The Bertz CT molecular complexity index is 747. The molecule has 1 aromatic heterocycles. The number of primary amides is 1. The minimum absolute atomic E-state index is 0.00384. The third-order valence-electron chi connectivity index (χ3n) is 5.16. The highest BCUT2D eigenvalue weighted by Gasteiger charge is 2.49. The molecule has 2 saturated carbocycles. The summed E-state index contributed by atoms with van der Waals surface area (Å²) in [6, 6.07) is 0.200. The number of pyridine rings is 1. The molecule has 1 saturated heterocycles. The van der Waals surface area contributed by atoms with E-state index in [1.165, 1.54) is 6.07 Å². The number of nitrogens with zero attached hydrogens (tertiary/aromatic N) is 2. The van der Waals surface area contributed by atoms with Crippen LogP contribution in [0.1, 0.15) is 54.1 Å². The lowest BCUT2D eigenvalue weighted by molar-refractivity contribution is -0.121. The van der Waals surface area contributed by atoms with Crippen LogP contribution in [-0.4, -0.2) is 46.8 Å². The van der Waals surface area contributed by atoms with Crippen LogP contribution in [0.4, 0.5) is 8.78 Å². The van der Waals surface area contributed by atoms with Crippen molar-refractivity contribution in [3.8, 4) is 5.75 Å². The first kappa shape index (κ1) is 17.2. The maximum absolute atomic E-state index is 13.7. The predicted octanol–water partition coefficient (Wildman–Crippen LogP) is 2.08. The van der Waals surface area contributed by atoms with Gasteiger partial charge in [-0.05, 0) is 37.5 Å². The Hall–Kier alpha value is -2.25. The van der Waals surface area contributed by atoms with Gasteiger partial charge in [-0.2, -0.15) is 0 Å². The van der Waals surface area contributed by atoms with Crippen molar-refractivity contribution in [1.29, 1.82) is 0 Å². The fourth-order valence-corrected chi connectivity index (χ4v) is 3.31. The zero-order valence-electron chi connectivity index (χ0n) is 14.3. The van der Waals surface area contributed by atoms with E-state index < -0.39 is 36.7 Å². The number of likely N-dealkylation sites (tertiary alicyclic amines) is 1. The Kier molecular flexibility index (Phi) is 4.08. The highest BCUT2D eigenvalue weighted by atomic mass is 19.3. The van der Waals surface area contributed by atoms with Crippen molar-refractivity contribution in [3.63, 3.8) is 0 Å². The SMILES string of the molecule is NC(=O)C1CC(F)(F)CN1C(=O)c1cc(OCC2CC2)c(C2CC2)cn1. The average Bonchev–Trinajstić information content (AvgIpc) is 3.49. The minimum Gasteiger partial charge on any atom is -0.493 e. The molecule has 1 aromatic rings. The van der Waals surface area contributed by atoms with Crippen molar-refractivity contribution < 1.29 is 23.1 Å². The fraction of sp³-hybridized carbons (Fsp3) is 0.611. The van der Waals surface area contributed by atoms with Gasteiger partial charge in [0.25, 0.3) is 11.8 Å². The molecule has 8 heteroatoms. The highest BCUT2D eigenvalue weighted by Crippen LogP contribution is 2.45. The predicted molar refractivity (Wildman–Crippen MR) is 88.0 cm³/mol. The van der Waals surface area contributed by atoms with Crippen LogP contribution < -0.4 is 10.5 Å². The van der Waals surface area contributed by atoms with Crippen LogP contribution in [0.2, 0.25) is 0 Å². The van der Waals surface area contributed by atoms with E-state index in [0.717, 1.165) is 36.1 Å². The molecule has 1 aliphatic heterocycles. The molecule has 4 rings (SSSR count). The zero-order chi connectivity index (χ0) is 18.5. The van der Waals surface area contributed by atoms with Crippen LogP contribution in [0.5, 0.6) is 5.75 Å².